The van der Waals surface area contributed by atoms with Crippen molar-refractivity contribution in [3.63, 3.8) is 0 Å². The second-order valence-electron chi connectivity index (χ2n) is 3.46. The first-order chi connectivity index (χ1) is 8.13. The minimum Gasteiger partial charge on any atom is -0.427 e. The van der Waals surface area contributed by atoms with Crippen molar-refractivity contribution in [2.45, 2.75) is 6.92 Å². The van der Waals surface area contributed by atoms with E-state index in [0.29, 0.717) is 11.5 Å². The minimum absolute atomic E-state index is 0.358. The van der Waals surface area contributed by atoms with Crippen molar-refractivity contribution in [2.75, 3.05) is 0 Å². The number of allylic oxidation sites excluding steroid dienone is 1. The molecule has 0 amide bonds. The molecule has 1 aromatic rings. The summed E-state index contributed by atoms with van der Waals surface area (Å²) >= 11 is 0. The van der Waals surface area contributed by atoms with Crippen LogP contribution in [0.1, 0.15) is 12.5 Å². The van der Waals surface area contributed by atoms with Gasteiger partial charge in [0.05, 0.1) is 0 Å². The Kier molecular flexibility index (Phi) is 3.05. The number of cyclic esters (lactones) is 1. The summed E-state index contributed by atoms with van der Waals surface area (Å²) in [6.07, 6.45) is 4.68. The summed E-state index contributed by atoms with van der Waals surface area (Å²) < 4.78 is 9.78. The van der Waals surface area contributed by atoms with Gasteiger partial charge in [0.1, 0.15) is 11.5 Å². The van der Waals surface area contributed by atoms with Gasteiger partial charge in [0.2, 0.25) is 0 Å². The van der Waals surface area contributed by atoms with E-state index in [2.05, 4.69) is 0 Å². The molecule has 1 aromatic carbocycles. The van der Waals surface area contributed by atoms with Gasteiger partial charge >= 0.3 is 11.9 Å². The summed E-state index contributed by atoms with van der Waals surface area (Å²) in [6.45, 7) is 1.35. The van der Waals surface area contributed by atoms with Crippen LogP contribution in [0, 0.1) is 0 Å². The molecule has 0 saturated heterocycles. The van der Waals surface area contributed by atoms with Crippen LogP contribution in [-0.4, -0.2) is 11.9 Å². The van der Waals surface area contributed by atoms with E-state index >= 15 is 0 Å². The highest BCUT2D eigenvalue weighted by Crippen LogP contribution is 2.17. The lowest BCUT2D eigenvalue weighted by Crippen LogP contribution is -2.00. The predicted octanol–water partition coefficient (Wildman–Crippen LogP) is 2.07. The topological polar surface area (TPSA) is 52.6 Å². The molecule has 4 nitrogen and oxygen atoms in total. The Bertz CT molecular complexity index is 509. The summed E-state index contributed by atoms with van der Waals surface area (Å²) in [5.74, 6) is 0.255. The van der Waals surface area contributed by atoms with Crippen LogP contribution in [0.15, 0.2) is 42.2 Å². The van der Waals surface area contributed by atoms with Gasteiger partial charge in [-0.05, 0) is 29.8 Å². The van der Waals surface area contributed by atoms with Crippen LogP contribution < -0.4 is 4.74 Å². The Labute approximate surface area is 98.2 Å². The van der Waals surface area contributed by atoms with E-state index in [1.165, 1.54) is 13.0 Å². The largest absolute Gasteiger partial charge is 0.427 e. The quantitative estimate of drug-likeness (QED) is 0.576. The zero-order valence-electron chi connectivity index (χ0n) is 9.17. The number of carbonyl (C=O) groups is 2. The summed E-state index contributed by atoms with van der Waals surface area (Å²) in [5.41, 5.74) is 0.857. The van der Waals surface area contributed by atoms with Gasteiger partial charge in [-0.15, -0.1) is 0 Å². The van der Waals surface area contributed by atoms with Crippen molar-refractivity contribution in [1.82, 2.24) is 0 Å². The van der Waals surface area contributed by atoms with E-state index in [9.17, 15) is 9.59 Å². The Morgan fingerprint density at radius 3 is 2.47 bits per heavy atom. The molecule has 0 unspecified atom stereocenters. The van der Waals surface area contributed by atoms with Crippen molar-refractivity contribution >= 4 is 18.0 Å². The Balaban J connectivity index is 2.11. The first-order valence-corrected chi connectivity index (χ1v) is 5.03. The molecular formula is C13H10O4. The van der Waals surface area contributed by atoms with Gasteiger partial charge in [0.15, 0.2) is 0 Å². The number of benzene rings is 1. The Morgan fingerprint density at radius 2 is 1.94 bits per heavy atom. The van der Waals surface area contributed by atoms with Crippen LogP contribution >= 0.6 is 0 Å². The first kappa shape index (κ1) is 11.1. The van der Waals surface area contributed by atoms with Gasteiger partial charge in [-0.1, -0.05) is 12.1 Å². The minimum atomic E-state index is -0.368. The van der Waals surface area contributed by atoms with Crippen molar-refractivity contribution in [2.24, 2.45) is 0 Å². The fourth-order valence-electron chi connectivity index (χ4n) is 1.37. The number of esters is 2. The monoisotopic (exact) mass is 230 g/mol. The summed E-state index contributed by atoms with van der Waals surface area (Å²) in [7, 11) is 0. The van der Waals surface area contributed by atoms with Crippen LogP contribution in [-0.2, 0) is 14.3 Å². The molecule has 2 rings (SSSR count). The average Bonchev–Trinajstić information content (AvgIpc) is 2.66. The standard InChI is InChI=1S/C13H10O4/c1-9(14)16-11-4-2-10(3-5-11)8-12-6-7-13(15)17-12/h2-8H,1H3/b12-8-. The van der Waals surface area contributed by atoms with Crippen LogP contribution in [0.25, 0.3) is 6.08 Å². The van der Waals surface area contributed by atoms with Gasteiger partial charge < -0.3 is 9.47 Å². The lowest BCUT2D eigenvalue weighted by atomic mass is 10.2. The van der Waals surface area contributed by atoms with Crippen LogP contribution in [0.5, 0.6) is 5.75 Å². The molecule has 0 atom stereocenters. The number of rotatable bonds is 2. The molecular weight excluding hydrogens is 220 g/mol. The van der Waals surface area contributed by atoms with Gasteiger partial charge in [-0.25, -0.2) is 4.79 Å². The zero-order valence-corrected chi connectivity index (χ0v) is 9.17. The molecule has 86 valence electrons. The van der Waals surface area contributed by atoms with E-state index in [1.807, 2.05) is 0 Å². The molecule has 1 aliphatic heterocycles. The third kappa shape index (κ3) is 3.04. The van der Waals surface area contributed by atoms with E-state index in [0.717, 1.165) is 5.56 Å². The Hall–Kier alpha value is -2.36. The smallest absolute Gasteiger partial charge is 0.336 e. The van der Waals surface area contributed by atoms with Gasteiger partial charge in [0, 0.05) is 13.0 Å². The number of hydrogen-bond acceptors (Lipinski definition) is 4. The molecule has 4 heteroatoms. The Morgan fingerprint density at radius 1 is 1.24 bits per heavy atom. The van der Waals surface area contributed by atoms with E-state index in [4.69, 9.17) is 9.47 Å². The lowest BCUT2D eigenvalue weighted by Gasteiger charge is -2.01. The van der Waals surface area contributed by atoms with Gasteiger partial charge in [-0.3, -0.25) is 4.79 Å². The lowest BCUT2D eigenvalue weighted by molar-refractivity contribution is -0.132. The summed E-state index contributed by atoms with van der Waals surface area (Å²) in [4.78, 5) is 21.5. The van der Waals surface area contributed by atoms with Crippen molar-refractivity contribution in [1.29, 1.82) is 0 Å². The molecule has 0 saturated carbocycles. The second kappa shape index (κ2) is 4.65. The molecule has 1 aliphatic rings. The van der Waals surface area contributed by atoms with Crippen LogP contribution in [0.4, 0.5) is 0 Å². The van der Waals surface area contributed by atoms with Crippen molar-refractivity contribution in [3.05, 3.63) is 47.7 Å². The highest BCUT2D eigenvalue weighted by atomic mass is 16.5. The average molecular weight is 230 g/mol. The van der Waals surface area contributed by atoms with Crippen molar-refractivity contribution < 1.29 is 19.1 Å². The molecule has 0 fully saturated rings. The van der Waals surface area contributed by atoms with Gasteiger partial charge in [0.25, 0.3) is 0 Å². The normalized spacial score (nSPS) is 16.1. The van der Waals surface area contributed by atoms with Gasteiger partial charge in [-0.2, -0.15) is 0 Å². The predicted molar refractivity (Wildman–Crippen MR) is 61.0 cm³/mol. The third-order valence-electron chi connectivity index (χ3n) is 2.05. The molecule has 1 heterocycles. The fourth-order valence-corrected chi connectivity index (χ4v) is 1.37. The van der Waals surface area contributed by atoms with Crippen molar-refractivity contribution in [3.8, 4) is 5.75 Å². The summed E-state index contributed by atoms with van der Waals surface area (Å²) in [6, 6.07) is 6.89. The van der Waals surface area contributed by atoms with E-state index in [1.54, 1.807) is 36.4 Å². The molecule has 0 aliphatic carbocycles. The maximum atomic E-state index is 10.8. The number of carbonyl (C=O) groups excluding carboxylic acids is 2. The maximum absolute atomic E-state index is 10.8. The van der Waals surface area contributed by atoms with E-state index in [-0.39, 0.29) is 11.9 Å². The second-order valence-corrected chi connectivity index (χ2v) is 3.46. The SMILES string of the molecule is CC(=O)Oc1ccc(/C=C2/C=CC(=O)O2)cc1. The zero-order chi connectivity index (χ0) is 12.3. The molecule has 0 bridgehead atoms. The highest BCUT2D eigenvalue weighted by molar-refractivity contribution is 5.87. The molecule has 0 radical (unpaired) electrons. The van der Waals surface area contributed by atoms with Crippen LogP contribution in [0.3, 0.4) is 0 Å². The molecule has 0 N–H and O–H groups in total. The third-order valence-corrected chi connectivity index (χ3v) is 2.05. The molecule has 17 heavy (non-hydrogen) atoms. The fraction of sp³-hybridized carbons (Fsp3) is 0.0769. The van der Waals surface area contributed by atoms with E-state index < -0.39 is 0 Å². The molecule has 0 spiro atoms. The number of hydrogen-bond donors (Lipinski definition) is 0. The first-order valence-electron chi connectivity index (χ1n) is 5.03. The highest BCUT2D eigenvalue weighted by Gasteiger charge is 2.08. The summed E-state index contributed by atoms with van der Waals surface area (Å²) in [5, 5.41) is 0. The number of ether oxygens (including phenoxy) is 2. The van der Waals surface area contributed by atoms with Crippen LogP contribution in [0.2, 0.25) is 0 Å². The maximum Gasteiger partial charge on any atom is 0.336 e. The molecule has 0 aromatic heterocycles.